The number of hydrogen-bond donors (Lipinski definition) is 2. The van der Waals surface area contributed by atoms with Crippen molar-refractivity contribution in [3.8, 4) is 5.75 Å². The molecule has 8 heteroatoms. The van der Waals surface area contributed by atoms with Gasteiger partial charge in [-0.3, -0.25) is 4.79 Å². The second kappa shape index (κ2) is 9.80. The zero-order chi connectivity index (χ0) is 20.7. The Morgan fingerprint density at radius 2 is 1.82 bits per heavy atom. The molecule has 0 aliphatic rings. The molecule has 1 atom stereocenters. The average molecular weight is 393 g/mol. The molecule has 1 amide bonds. The number of esters is 1. The van der Waals surface area contributed by atoms with E-state index in [1.165, 1.54) is 19.2 Å². The maximum atomic E-state index is 12.3. The van der Waals surface area contributed by atoms with E-state index in [2.05, 4.69) is 10.1 Å². The molecule has 6 nitrogen and oxygen atoms in total. The first-order chi connectivity index (χ1) is 13.3. The molecule has 0 aromatic heterocycles. The molecule has 28 heavy (non-hydrogen) atoms. The largest absolute Gasteiger partial charge is 0.465 e. The van der Waals surface area contributed by atoms with Crippen LogP contribution in [0.3, 0.4) is 0 Å². The van der Waals surface area contributed by atoms with E-state index in [-0.39, 0.29) is 18.2 Å². The van der Waals surface area contributed by atoms with Crippen LogP contribution in [-0.2, 0) is 16.1 Å². The lowest BCUT2D eigenvalue weighted by Crippen LogP contribution is -3.08. The highest BCUT2D eigenvalue weighted by Gasteiger charge is 2.14. The molecule has 0 spiro atoms. The summed E-state index contributed by atoms with van der Waals surface area (Å²) in [6.07, 6.45) is 0. The SMILES string of the molecule is COC(=O)c1ccc(C)c(NC(=O)C[NH+](C)Cc2ccc(OC(F)F)cc2)c1. The highest BCUT2D eigenvalue weighted by molar-refractivity contribution is 5.95. The predicted octanol–water partition coefficient (Wildman–Crippen LogP) is 2.04. The Labute approximate surface area is 162 Å². The first-order valence-corrected chi connectivity index (χ1v) is 8.62. The number of hydrogen-bond acceptors (Lipinski definition) is 4. The molecular formula is C20H23F2N2O4+. The first-order valence-electron chi connectivity index (χ1n) is 8.62. The number of halogens is 2. The molecule has 0 aliphatic heterocycles. The Balaban J connectivity index is 1.93. The lowest BCUT2D eigenvalue weighted by molar-refractivity contribution is -0.885. The minimum atomic E-state index is -2.86. The van der Waals surface area contributed by atoms with Crippen LogP contribution < -0.4 is 15.0 Å². The number of aryl methyl sites for hydroxylation is 1. The number of rotatable bonds is 8. The molecule has 2 aromatic carbocycles. The molecule has 0 saturated carbocycles. The van der Waals surface area contributed by atoms with Crippen LogP contribution in [0.4, 0.5) is 14.5 Å². The van der Waals surface area contributed by atoms with Gasteiger partial charge in [0, 0.05) is 11.3 Å². The molecule has 0 saturated heterocycles. The molecule has 150 valence electrons. The van der Waals surface area contributed by atoms with Crippen LogP contribution in [0.5, 0.6) is 5.75 Å². The molecule has 0 fully saturated rings. The van der Waals surface area contributed by atoms with Gasteiger partial charge in [0.2, 0.25) is 0 Å². The fourth-order valence-corrected chi connectivity index (χ4v) is 2.67. The third kappa shape index (κ3) is 6.31. The van der Waals surface area contributed by atoms with Crippen molar-refractivity contribution in [1.29, 1.82) is 0 Å². The molecule has 2 rings (SSSR count). The normalized spacial score (nSPS) is 11.8. The van der Waals surface area contributed by atoms with Gasteiger partial charge >= 0.3 is 12.6 Å². The smallest absolute Gasteiger partial charge is 0.387 e. The number of benzene rings is 2. The Hall–Kier alpha value is -3.00. The van der Waals surface area contributed by atoms with Crippen molar-refractivity contribution >= 4 is 17.6 Å². The van der Waals surface area contributed by atoms with Gasteiger partial charge in [-0.05, 0) is 48.9 Å². The van der Waals surface area contributed by atoms with Crippen LogP contribution in [0.25, 0.3) is 0 Å². The minimum Gasteiger partial charge on any atom is -0.465 e. The third-order valence-corrected chi connectivity index (χ3v) is 4.05. The number of amides is 1. The van der Waals surface area contributed by atoms with Crippen LogP contribution in [0.1, 0.15) is 21.5 Å². The Bertz CT molecular complexity index is 825. The van der Waals surface area contributed by atoms with Crippen molar-refractivity contribution in [2.75, 3.05) is 26.0 Å². The quantitative estimate of drug-likeness (QED) is 0.674. The molecule has 1 unspecified atom stereocenters. The maximum absolute atomic E-state index is 12.3. The standard InChI is InChI=1S/C20H22F2N2O4/c1-13-4-7-15(19(26)27-3)10-17(13)23-18(25)12-24(2)11-14-5-8-16(9-6-14)28-20(21)22/h4-10,20H,11-12H2,1-3H3,(H,23,25)/p+1. The monoisotopic (exact) mass is 393 g/mol. The van der Waals surface area contributed by atoms with Crippen LogP contribution in [-0.4, -0.2) is 39.2 Å². The lowest BCUT2D eigenvalue weighted by atomic mass is 10.1. The number of ether oxygens (including phenoxy) is 2. The van der Waals surface area contributed by atoms with E-state index in [1.807, 2.05) is 14.0 Å². The number of carbonyl (C=O) groups excluding carboxylic acids is 2. The van der Waals surface area contributed by atoms with Crippen LogP contribution in [0.2, 0.25) is 0 Å². The van der Waals surface area contributed by atoms with Crippen molar-refractivity contribution in [2.45, 2.75) is 20.1 Å². The fraction of sp³-hybridized carbons (Fsp3) is 0.300. The van der Waals surface area contributed by atoms with Crippen molar-refractivity contribution < 1.29 is 32.7 Å². The molecule has 0 heterocycles. The van der Waals surface area contributed by atoms with Crippen molar-refractivity contribution in [3.05, 3.63) is 59.2 Å². The predicted molar refractivity (Wildman–Crippen MR) is 99.7 cm³/mol. The van der Waals surface area contributed by atoms with Gasteiger partial charge in [-0.15, -0.1) is 0 Å². The summed E-state index contributed by atoms with van der Waals surface area (Å²) in [4.78, 5) is 24.9. The van der Waals surface area contributed by atoms with Gasteiger partial charge in [0.05, 0.1) is 19.7 Å². The zero-order valence-corrected chi connectivity index (χ0v) is 15.9. The third-order valence-electron chi connectivity index (χ3n) is 4.05. The molecular weight excluding hydrogens is 370 g/mol. The zero-order valence-electron chi connectivity index (χ0n) is 15.9. The number of nitrogens with one attached hydrogen (secondary N) is 2. The van der Waals surface area contributed by atoms with Crippen molar-refractivity contribution in [1.82, 2.24) is 0 Å². The summed E-state index contributed by atoms with van der Waals surface area (Å²) in [5.74, 6) is -0.590. The van der Waals surface area contributed by atoms with Gasteiger partial charge in [-0.25, -0.2) is 4.79 Å². The second-order valence-corrected chi connectivity index (χ2v) is 6.40. The van der Waals surface area contributed by atoms with Gasteiger partial charge in [-0.1, -0.05) is 6.07 Å². The van der Waals surface area contributed by atoms with Gasteiger partial charge in [0.1, 0.15) is 12.3 Å². The van der Waals surface area contributed by atoms with E-state index < -0.39 is 12.6 Å². The number of anilines is 1. The summed E-state index contributed by atoms with van der Waals surface area (Å²) >= 11 is 0. The lowest BCUT2D eigenvalue weighted by Gasteiger charge is -2.15. The first kappa shape index (κ1) is 21.3. The fourth-order valence-electron chi connectivity index (χ4n) is 2.67. The Kier molecular flexibility index (Phi) is 7.45. The van der Waals surface area contributed by atoms with Crippen LogP contribution >= 0.6 is 0 Å². The van der Waals surface area contributed by atoms with E-state index in [0.29, 0.717) is 17.8 Å². The number of carbonyl (C=O) groups is 2. The number of likely N-dealkylation sites (N-methyl/N-ethyl adjacent to an activating group) is 1. The number of alkyl halides is 2. The summed E-state index contributed by atoms with van der Waals surface area (Å²) in [5.41, 5.74) is 2.62. The second-order valence-electron chi connectivity index (χ2n) is 6.40. The van der Waals surface area contributed by atoms with Gasteiger partial charge in [0.15, 0.2) is 6.54 Å². The molecule has 0 radical (unpaired) electrons. The van der Waals surface area contributed by atoms with Crippen molar-refractivity contribution in [2.24, 2.45) is 0 Å². The van der Waals surface area contributed by atoms with E-state index in [1.54, 1.807) is 30.3 Å². The average Bonchev–Trinajstić information content (AvgIpc) is 2.64. The Morgan fingerprint density at radius 3 is 2.43 bits per heavy atom. The number of methoxy groups -OCH3 is 1. The Morgan fingerprint density at radius 1 is 1.14 bits per heavy atom. The van der Waals surface area contributed by atoms with Gasteiger partial charge < -0.3 is 19.7 Å². The minimum absolute atomic E-state index is 0.0927. The maximum Gasteiger partial charge on any atom is 0.387 e. The van der Waals surface area contributed by atoms with Gasteiger partial charge in [-0.2, -0.15) is 8.78 Å². The van der Waals surface area contributed by atoms with E-state index >= 15 is 0 Å². The highest BCUT2D eigenvalue weighted by atomic mass is 19.3. The highest BCUT2D eigenvalue weighted by Crippen LogP contribution is 2.17. The van der Waals surface area contributed by atoms with Crippen molar-refractivity contribution in [3.63, 3.8) is 0 Å². The summed E-state index contributed by atoms with van der Waals surface area (Å²) < 4.78 is 33.4. The molecule has 2 N–H and O–H groups in total. The topological polar surface area (TPSA) is 69.1 Å². The van der Waals surface area contributed by atoms with E-state index in [0.717, 1.165) is 16.0 Å². The van der Waals surface area contributed by atoms with Crippen LogP contribution in [0.15, 0.2) is 42.5 Å². The van der Waals surface area contributed by atoms with Gasteiger partial charge in [0.25, 0.3) is 5.91 Å². The van der Waals surface area contributed by atoms with E-state index in [9.17, 15) is 18.4 Å². The molecule has 0 aliphatic carbocycles. The summed E-state index contributed by atoms with van der Waals surface area (Å²) in [6.45, 7) is -0.305. The molecule has 2 aromatic rings. The van der Waals surface area contributed by atoms with Crippen LogP contribution in [0, 0.1) is 6.92 Å². The summed E-state index contributed by atoms with van der Waals surface area (Å²) in [5, 5.41) is 2.81. The molecule has 0 bridgehead atoms. The summed E-state index contributed by atoms with van der Waals surface area (Å²) in [7, 11) is 3.14. The summed E-state index contributed by atoms with van der Waals surface area (Å²) in [6, 6.07) is 11.3. The number of quaternary nitrogens is 1. The van der Waals surface area contributed by atoms with E-state index in [4.69, 9.17) is 4.74 Å².